The van der Waals surface area contributed by atoms with E-state index in [1.807, 2.05) is 0 Å². The third-order valence-electron chi connectivity index (χ3n) is 6.54. The van der Waals surface area contributed by atoms with E-state index in [0.717, 1.165) is 45.8 Å². The Morgan fingerprint density at radius 2 is 2.08 bits per heavy atom. The van der Waals surface area contributed by atoms with E-state index in [2.05, 4.69) is 41.2 Å². The van der Waals surface area contributed by atoms with Gasteiger partial charge in [-0.15, -0.1) is 0 Å². The Kier molecular flexibility index (Phi) is 4.93. The predicted octanol–water partition coefficient (Wildman–Crippen LogP) is 1.92. The quantitative estimate of drug-likeness (QED) is 0.904. The summed E-state index contributed by atoms with van der Waals surface area (Å²) >= 11 is 0. The zero-order valence-electron chi connectivity index (χ0n) is 15.9. The highest BCUT2D eigenvalue weighted by atomic mass is 16.5. The van der Waals surface area contributed by atoms with Crippen molar-refractivity contribution in [2.24, 2.45) is 0 Å². The van der Waals surface area contributed by atoms with Gasteiger partial charge in [0.25, 0.3) is 0 Å². The van der Waals surface area contributed by atoms with Crippen LogP contribution < -0.4 is 0 Å². The molecule has 4 atom stereocenters. The van der Waals surface area contributed by atoms with Crippen LogP contribution in [-0.2, 0) is 17.8 Å². The molecule has 0 spiro atoms. The largest absolute Gasteiger partial charge is 0.392 e. The number of aliphatic hydroxyl groups is 1. The molecule has 25 heavy (non-hydrogen) atoms. The summed E-state index contributed by atoms with van der Waals surface area (Å²) < 4.78 is 8.29. The minimum atomic E-state index is -0.131. The first-order valence-electron chi connectivity index (χ1n) is 9.94. The Bertz CT molecular complexity index is 608. The van der Waals surface area contributed by atoms with Gasteiger partial charge in [0.2, 0.25) is 0 Å². The second-order valence-corrected chi connectivity index (χ2v) is 8.42. The lowest BCUT2D eigenvalue weighted by Gasteiger charge is -2.42. The molecule has 0 radical (unpaired) electrons. The summed E-state index contributed by atoms with van der Waals surface area (Å²) in [6.45, 7) is 12.8. The number of nitrogens with zero attached hydrogens (tertiary/aromatic N) is 3. The minimum Gasteiger partial charge on any atom is -0.392 e. The standard InChI is InChI=1S/C20H33N3O2/c1-14-7-17(16(3)23(14)13-20-5-4-6-25-20)10-21-11-18-8-19(24)12-22(18)9-15(21)2/h7,15,18-20,24H,4-6,8-13H2,1-3H3/t15-,18-,19-,20+/m1/s1. The number of aliphatic hydroxyl groups excluding tert-OH is 1. The lowest BCUT2D eigenvalue weighted by atomic mass is 10.1. The predicted molar refractivity (Wildman–Crippen MR) is 98.7 cm³/mol. The van der Waals surface area contributed by atoms with Crippen molar-refractivity contribution in [1.82, 2.24) is 14.4 Å². The molecule has 1 N–H and O–H groups in total. The molecule has 5 heteroatoms. The number of aromatic nitrogens is 1. The molecule has 0 aromatic carbocycles. The molecule has 0 aliphatic carbocycles. The maximum absolute atomic E-state index is 9.97. The smallest absolute Gasteiger partial charge is 0.0754 e. The Morgan fingerprint density at radius 3 is 2.84 bits per heavy atom. The zero-order chi connectivity index (χ0) is 17.6. The fourth-order valence-electron chi connectivity index (χ4n) is 5.02. The van der Waals surface area contributed by atoms with Crippen LogP contribution in [0, 0.1) is 13.8 Å². The van der Waals surface area contributed by atoms with Gasteiger partial charge >= 0.3 is 0 Å². The van der Waals surface area contributed by atoms with Gasteiger partial charge in [-0.2, -0.15) is 0 Å². The molecule has 3 aliphatic heterocycles. The molecular weight excluding hydrogens is 314 g/mol. The van der Waals surface area contributed by atoms with Gasteiger partial charge in [0, 0.05) is 62.8 Å². The highest BCUT2D eigenvalue weighted by Crippen LogP contribution is 2.28. The van der Waals surface area contributed by atoms with E-state index in [1.54, 1.807) is 0 Å². The monoisotopic (exact) mass is 347 g/mol. The third-order valence-corrected chi connectivity index (χ3v) is 6.54. The topological polar surface area (TPSA) is 40.9 Å². The molecule has 0 unspecified atom stereocenters. The van der Waals surface area contributed by atoms with Crippen molar-refractivity contribution >= 4 is 0 Å². The number of fused-ring (bicyclic) bond motifs is 1. The van der Waals surface area contributed by atoms with E-state index in [0.29, 0.717) is 18.2 Å². The van der Waals surface area contributed by atoms with Crippen molar-refractivity contribution in [3.63, 3.8) is 0 Å². The van der Waals surface area contributed by atoms with Gasteiger partial charge in [0.1, 0.15) is 0 Å². The summed E-state index contributed by atoms with van der Waals surface area (Å²) in [5.41, 5.74) is 4.20. The van der Waals surface area contributed by atoms with Gasteiger partial charge in [0.15, 0.2) is 0 Å². The lowest BCUT2D eigenvalue weighted by molar-refractivity contribution is 0.0526. The van der Waals surface area contributed by atoms with Crippen LogP contribution in [0.5, 0.6) is 0 Å². The molecule has 0 bridgehead atoms. The average Bonchev–Trinajstić information content (AvgIpc) is 3.25. The average molecular weight is 348 g/mol. The van der Waals surface area contributed by atoms with Crippen LogP contribution in [0.25, 0.3) is 0 Å². The van der Waals surface area contributed by atoms with E-state index in [1.165, 1.54) is 29.8 Å². The number of aryl methyl sites for hydroxylation is 1. The van der Waals surface area contributed by atoms with Gasteiger partial charge in [-0.05, 0) is 51.7 Å². The van der Waals surface area contributed by atoms with Gasteiger partial charge in [-0.3, -0.25) is 9.80 Å². The first kappa shape index (κ1) is 17.5. The van der Waals surface area contributed by atoms with Crippen LogP contribution in [0.3, 0.4) is 0 Å². The molecule has 3 saturated heterocycles. The molecule has 1 aromatic heterocycles. The molecule has 4 heterocycles. The zero-order valence-corrected chi connectivity index (χ0v) is 15.9. The van der Waals surface area contributed by atoms with E-state index in [9.17, 15) is 5.11 Å². The minimum absolute atomic E-state index is 0.131. The van der Waals surface area contributed by atoms with E-state index in [-0.39, 0.29) is 6.10 Å². The first-order valence-corrected chi connectivity index (χ1v) is 9.94. The SMILES string of the molecule is Cc1cc(CN2C[C@H]3C[C@@H](O)CN3C[C@H]2C)c(C)n1C[C@@H]1CCCO1. The molecule has 0 amide bonds. The number of hydrogen-bond donors (Lipinski definition) is 1. The fourth-order valence-corrected chi connectivity index (χ4v) is 5.02. The Balaban J connectivity index is 1.45. The molecule has 3 fully saturated rings. The number of hydrogen-bond acceptors (Lipinski definition) is 4. The maximum atomic E-state index is 9.97. The van der Waals surface area contributed by atoms with Crippen molar-refractivity contribution in [3.8, 4) is 0 Å². The molecule has 1 aromatic rings. The van der Waals surface area contributed by atoms with E-state index >= 15 is 0 Å². The van der Waals surface area contributed by atoms with Crippen molar-refractivity contribution < 1.29 is 9.84 Å². The van der Waals surface area contributed by atoms with Crippen molar-refractivity contribution in [3.05, 3.63) is 23.0 Å². The summed E-state index contributed by atoms with van der Waals surface area (Å²) in [5, 5.41) is 9.97. The molecule has 5 nitrogen and oxygen atoms in total. The Hall–Kier alpha value is -0.880. The second kappa shape index (κ2) is 7.03. The van der Waals surface area contributed by atoms with Crippen LogP contribution in [0.4, 0.5) is 0 Å². The molecule has 0 saturated carbocycles. The summed E-state index contributed by atoms with van der Waals surface area (Å²) in [4.78, 5) is 5.09. The van der Waals surface area contributed by atoms with Crippen molar-refractivity contribution in [1.29, 1.82) is 0 Å². The summed E-state index contributed by atoms with van der Waals surface area (Å²) in [6.07, 6.45) is 3.58. The number of rotatable bonds is 4. The van der Waals surface area contributed by atoms with Crippen LogP contribution in [-0.4, -0.2) is 70.0 Å². The van der Waals surface area contributed by atoms with Crippen molar-refractivity contribution in [2.75, 3.05) is 26.2 Å². The summed E-state index contributed by atoms with van der Waals surface area (Å²) in [7, 11) is 0. The molecular formula is C20H33N3O2. The first-order chi connectivity index (χ1) is 12.0. The number of piperazine rings is 1. The van der Waals surface area contributed by atoms with Crippen LogP contribution in [0.1, 0.15) is 43.1 Å². The van der Waals surface area contributed by atoms with E-state index in [4.69, 9.17) is 4.74 Å². The molecule has 3 aliphatic rings. The summed E-state index contributed by atoms with van der Waals surface area (Å²) in [6, 6.07) is 3.44. The molecule has 4 rings (SSSR count). The van der Waals surface area contributed by atoms with Gasteiger partial charge < -0.3 is 14.4 Å². The van der Waals surface area contributed by atoms with Gasteiger partial charge in [-0.1, -0.05) is 0 Å². The second-order valence-electron chi connectivity index (χ2n) is 8.42. The third kappa shape index (κ3) is 3.52. The fraction of sp³-hybridized carbons (Fsp3) is 0.800. The van der Waals surface area contributed by atoms with E-state index < -0.39 is 0 Å². The maximum Gasteiger partial charge on any atom is 0.0754 e. The van der Waals surface area contributed by atoms with Gasteiger partial charge in [-0.25, -0.2) is 0 Å². The van der Waals surface area contributed by atoms with Gasteiger partial charge in [0.05, 0.1) is 12.2 Å². The lowest BCUT2D eigenvalue weighted by Crippen LogP contribution is -2.54. The molecule has 140 valence electrons. The highest BCUT2D eigenvalue weighted by Gasteiger charge is 2.38. The summed E-state index contributed by atoms with van der Waals surface area (Å²) in [5.74, 6) is 0. The van der Waals surface area contributed by atoms with Crippen LogP contribution in [0.2, 0.25) is 0 Å². The van der Waals surface area contributed by atoms with Crippen molar-refractivity contribution in [2.45, 2.75) is 77.4 Å². The normalized spacial score (nSPS) is 33.9. The Labute approximate surface area is 151 Å². The highest BCUT2D eigenvalue weighted by molar-refractivity contribution is 5.27. The van der Waals surface area contributed by atoms with Crippen LogP contribution in [0.15, 0.2) is 6.07 Å². The van der Waals surface area contributed by atoms with Crippen LogP contribution >= 0.6 is 0 Å². The Morgan fingerprint density at radius 1 is 1.24 bits per heavy atom. The number of ether oxygens (including phenoxy) is 1.